The van der Waals surface area contributed by atoms with E-state index in [2.05, 4.69) is 5.32 Å². The molecule has 1 atom stereocenters. The van der Waals surface area contributed by atoms with Crippen LogP contribution in [0.3, 0.4) is 0 Å². The first kappa shape index (κ1) is 16.2. The first-order valence-corrected chi connectivity index (χ1v) is 9.16. The van der Waals surface area contributed by atoms with Gasteiger partial charge in [-0.2, -0.15) is 0 Å². The summed E-state index contributed by atoms with van der Waals surface area (Å²) < 4.78 is 10.7. The summed E-state index contributed by atoms with van der Waals surface area (Å²) in [6.07, 6.45) is 4.56. The molecule has 25 heavy (non-hydrogen) atoms. The van der Waals surface area contributed by atoms with E-state index in [9.17, 15) is 9.59 Å². The third kappa shape index (κ3) is 3.72. The highest BCUT2D eigenvalue weighted by Crippen LogP contribution is 2.33. The molecule has 3 aliphatic rings. The van der Waals surface area contributed by atoms with E-state index in [4.69, 9.17) is 9.47 Å². The molecule has 0 bridgehead atoms. The number of ether oxygens (including phenoxy) is 2. The molecule has 2 heterocycles. The molecule has 1 saturated carbocycles. The summed E-state index contributed by atoms with van der Waals surface area (Å²) in [7, 11) is 0. The van der Waals surface area contributed by atoms with Crippen LogP contribution in [0.4, 0.5) is 0 Å². The fraction of sp³-hybridized carbons (Fsp3) is 0.579. The molecular weight excluding hydrogens is 320 g/mol. The third-order valence-corrected chi connectivity index (χ3v) is 5.18. The van der Waals surface area contributed by atoms with Crippen LogP contribution in [-0.2, 0) is 16.0 Å². The normalized spacial score (nSPS) is 21.9. The summed E-state index contributed by atoms with van der Waals surface area (Å²) in [4.78, 5) is 26.5. The van der Waals surface area contributed by atoms with E-state index >= 15 is 0 Å². The maximum absolute atomic E-state index is 12.4. The Morgan fingerprint density at radius 2 is 1.96 bits per heavy atom. The standard InChI is InChI=1S/C19H24N2O4/c22-18(15-2-1-9-21(11-15)19(23)14-4-5-14)20-8-7-13-3-6-16-17(10-13)25-12-24-16/h3,6,10,14-15H,1-2,4-5,7-9,11-12H2,(H,20,22). The summed E-state index contributed by atoms with van der Waals surface area (Å²) in [5, 5.41) is 3.02. The molecule has 0 radical (unpaired) electrons. The van der Waals surface area contributed by atoms with E-state index in [1.54, 1.807) is 0 Å². The minimum absolute atomic E-state index is 0.0639. The van der Waals surface area contributed by atoms with Crippen LogP contribution in [0.25, 0.3) is 0 Å². The first-order valence-electron chi connectivity index (χ1n) is 9.16. The number of amides is 2. The van der Waals surface area contributed by atoms with Gasteiger partial charge in [-0.3, -0.25) is 9.59 Å². The van der Waals surface area contributed by atoms with Crippen LogP contribution < -0.4 is 14.8 Å². The highest BCUT2D eigenvalue weighted by atomic mass is 16.7. The summed E-state index contributed by atoms with van der Waals surface area (Å²) in [6.45, 7) is 2.24. The van der Waals surface area contributed by atoms with Crippen molar-refractivity contribution in [2.45, 2.75) is 32.1 Å². The van der Waals surface area contributed by atoms with Crippen LogP contribution in [0.2, 0.25) is 0 Å². The second-order valence-electron chi connectivity index (χ2n) is 7.13. The van der Waals surface area contributed by atoms with Gasteiger partial charge in [-0.25, -0.2) is 0 Å². The predicted molar refractivity (Wildman–Crippen MR) is 91.3 cm³/mol. The Bertz CT molecular complexity index is 671. The van der Waals surface area contributed by atoms with Gasteiger partial charge in [-0.1, -0.05) is 6.07 Å². The number of benzene rings is 1. The Labute approximate surface area is 147 Å². The number of hydrogen-bond acceptors (Lipinski definition) is 4. The van der Waals surface area contributed by atoms with Gasteiger partial charge < -0.3 is 19.7 Å². The van der Waals surface area contributed by atoms with Crippen LogP contribution >= 0.6 is 0 Å². The number of piperidine rings is 1. The van der Waals surface area contributed by atoms with Crippen molar-refractivity contribution in [3.63, 3.8) is 0 Å². The van der Waals surface area contributed by atoms with Gasteiger partial charge in [0.1, 0.15) is 0 Å². The molecule has 134 valence electrons. The van der Waals surface area contributed by atoms with Crippen LogP contribution in [0, 0.1) is 11.8 Å². The van der Waals surface area contributed by atoms with Crippen molar-refractivity contribution in [3.05, 3.63) is 23.8 Å². The van der Waals surface area contributed by atoms with E-state index in [0.717, 1.165) is 55.7 Å². The Morgan fingerprint density at radius 3 is 2.80 bits per heavy atom. The lowest BCUT2D eigenvalue weighted by Gasteiger charge is -2.32. The van der Waals surface area contributed by atoms with Gasteiger partial charge in [-0.15, -0.1) is 0 Å². The number of carbonyl (C=O) groups is 2. The van der Waals surface area contributed by atoms with Gasteiger partial charge in [-0.05, 0) is 49.8 Å². The van der Waals surface area contributed by atoms with Crippen LogP contribution in [0.15, 0.2) is 18.2 Å². The molecule has 2 fully saturated rings. The average molecular weight is 344 g/mol. The van der Waals surface area contributed by atoms with Crippen LogP contribution in [0.1, 0.15) is 31.2 Å². The molecule has 1 aromatic carbocycles. The SMILES string of the molecule is O=C(NCCc1ccc2c(c1)OCO2)C1CCCN(C(=O)C2CC2)C1. The highest BCUT2D eigenvalue weighted by molar-refractivity contribution is 5.83. The highest BCUT2D eigenvalue weighted by Gasteiger charge is 2.36. The summed E-state index contributed by atoms with van der Waals surface area (Å²) in [5.41, 5.74) is 1.11. The van der Waals surface area contributed by atoms with Gasteiger partial charge in [0.25, 0.3) is 0 Å². The molecule has 1 N–H and O–H groups in total. The van der Waals surface area contributed by atoms with E-state index in [1.807, 2.05) is 23.1 Å². The monoisotopic (exact) mass is 344 g/mol. The molecule has 0 aromatic heterocycles. The van der Waals surface area contributed by atoms with Crippen molar-refractivity contribution in [2.24, 2.45) is 11.8 Å². The second-order valence-corrected chi connectivity index (χ2v) is 7.13. The Morgan fingerprint density at radius 1 is 1.12 bits per heavy atom. The lowest BCUT2D eigenvalue weighted by atomic mass is 9.96. The van der Waals surface area contributed by atoms with Gasteiger partial charge in [0.2, 0.25) is 18.6 Å². The zero-order chi connectivity index (χ0) is 17.2. The first-order chi connectivity index (χ1) is 12.2. The minimum atomic E-state index is -0.0757. The van der Waals surface area contributed by atoms with Gasteiger partial charge in [0, 0.05) is 25.6 Å². The maximum atomic E-state index is 12.4. The van der Waals surface area contributed by atoms with E-state index < -0.39 is 0 Å². The summed E-state index contributed by atoms with van der Waals surface area (Å²) >= 11 is 0. The fourth-order valence-electron chi connectivity index (χ4n) is 3.55. The molecule has 1 aromatic rings. The van der Waals surface area contributed by atoms with Crippen molar-refractivity contribution >= 4 is 11.8 Å². The maximum Gasteiger partial charge on any atom is 0.231 e. The molecule has 4 rings (SSSR count). The largest absolute Gasteiger partial charge is 0.454 e. The molecule has 2 amide bonds. The van der Waals surface area contributed by atoms with Gasteiger partial charge in [0.15, 0.2) is 11.5 Å². The van der Waals surface area contributed by atoms with Gasteiger partial charge >= 0.3 is 0 Å². The molecule has 0 spiro atoms. The Balaban J connectivity index is 1.25. The summed E-state index contributed by atoms with van der Waals surface area (Å²) in [6, 6.07) is 5.86. The summed E-state index contributed by atoms with van der Waals surface area (Å²) in [5.74, 6) is 2.01. The lowest BCUT2D eigenvalue weighted by Crippen LogP contribution is -2.46. The van der Waals surface area contributed by atoms with Crippen molar-refractivity contribution in [2.75, 3.05) is 26.4 Å². The number of nitrogens with zero attached hydrogens (tertiary/aromatic N) is 1. The van der Waals surface area contributed by atoms with Crippen LogP contribution in [-0.4, -0.2) is 43.1 Å². The molecule has 2 aliphatic heterocycles. The molecular formula is C19H24N2O4. The van der Waals surface area contributed by atoms with Crippen molar-refractivity contribution in [3.8, 4) is 11.5 Å². The average Bonchev–Trinajstić information content (AvgIpc) is 3.39. The zero-order valence-corrected chi connectivity index (χ0v) is 14.3. The number of nitrogens with one attached hydrogen (secondary N) is 1. The number of rotatable bonds is 5. The topological polar surface area (TPSA) is 67.9 Å². The van der Waals surface area contributed by atoms with Crippen molar-refractivity contribution in [1.29, 1.82) is 0 Å². The molecule has 1 saturated heterocycles. The quantitative estimate of drug-likeness (QED) is 0.883. The van der Waals surface area contributed by atoms with Gasteiger partial charge in [0.05, 0.1) is 5.92 Å². The lowest BCUT2D eigenvalue weighted by molar-refractivity contribution is -0.136. The number of hydrogen-bond donors (Lipinski definition) is 1. The molecule has 6 nitrogen and oxygen atoms in total. The second kappa shape index (κ2) is 6.94. The number of carbonyl (C=O) groups excluding carboxylic acids is 2. The Kier molecular flexibility index (Phi) is 4.51. The smallest absolute Gasteiger partial charge is 0.231 e. The predicted octanol–water partition coefficient (Wildman–Crippen LogP) is 1.72. The third-order valence-electron chi connectivity index (χ3n) is 5.18. The van der Waals surface area contributed by atoms with E-state index in [-0.39, 0.29) is 30.4 Å². The molecule has 6 heteroatoms. The zero-order valence-electron chi connectivity index (χ0n) is 14.3. The minimum Gasteiger partial charge on any atom is -0.454 e. The number of fused-ring (bicyclic) bond motifs is 1. The van der Waals surface area contributed by atoms with Crippen LogP contribution in [0.5, 0.6) is 11.5 Å². The van der Waals surface area contributed by atoms with E-state index in [1.165, 1.54) is 0 Å². The molecule has 1 aliphatic carbocycles. The van der Waals surface area contributed by atoms with Crippen molar-refractivity contribution < 1.29 is 19.1 Å². The molecule has 1 unspecified atom stereocenters. The van der Waals surface area contributed by atoms with Crippen molar-refractivity contribution in [1.82, 2.24) is 10.2 Å². The van der Waals surface area contributed by atoms with E-state index in [0.29, 0.717) is 13.1 Å². The Hall–Kier alpha value is -2.24. The number of likely N-dealkylation sites (tertiary alicyclic amines) is 1. The fourth-order valence-corrected chi connectivity index (χ4v) is 3.55.